The van der Waals surface area contributed by atoms with Crippen molar-refractivity contribution in [3.63, 3.8) is 0 Å². The SMILES string of the molecule is Cn1nc(-c2cnn(CCN3CCOCC3)c2)nc1Nc1ccc2[nH]ncc2c1Cl. The second kappa shape index (κ2) is 8.05. The number of morpholine rings is 1. The topological polar surface area (TPSA) is 102 Å². The molecule has 0 saturated carbocycles. The van der Waals surface area contributed by atoms with Crippen molar-refractivity contribution in [2.24, 2.45) is 7.05 Å². The molecule has 0 unspecified atom stereocenters. The Balaban J connectivity index is 1.30. The molecule has 4 aromatic rings. The summed E-state index contributed by atoms with van der Waals surface area (Å²) < 4.78 is 9.01. The Hall–Kier alpha value is -2.95. The zero-order valence-electron chi connectivity index (χ0n) is 16.5. The van der Waals surface area contributed by atoms with Gasteiger partial charge in [-0.3, -0.25) is 14.7 Å². The predicted molar refractivity (Wildman–Crippen MR) is 114 cm³/mol. The highest BCUT2D eigenvalue weighted by molar-refractivity contribution is 6.38. The maximum atomic E-state index is 6.51. The Morgan fingerprint density at radius 2 is 2.07 bits per heavy atom. The standard InChI is InChI=1S/C19H22ClN9O/c1-27-19(23-16-3-2-15-14(17(16)20)11-21-25-15)24-18(26-27)13-10-22-29(12-13)5-4-28-6-8-30-9-7-28/h2-3,10-12H,4-9H2,1H3,(H,21,25)(H,23,24,26). The molecule has 0 atom stereocenters. The Labute approximate surface area is 177 Å². The van der Waals surface area contributed by atoms with Crippen molar-refractivity contribution in [3.8, 4) is 11.4 Å². The predicted octanol–water partition coefficient (Wildman–Crippen LogP) is 2.28. The summed E-state index contributed by atoms with van der Waals surface area (Å²) >= 11 is 6.51. The zero-order valence-corrected chi connectivity index (χ0v) is 17.3. The molecule has 0 spiro atoms. The van der Waals surface area contributed by atoms with Crippen molar-refractivity contribution >= 4 is 34.1 Å². The fourth-order valence-electron chi connectivity index (χ4n) is 3.49. The van der Waals surface area contributed by atoms with E-state index < -0.39 is 0 Å². The molecule has 10 nitrogen and oxygen atoms in total. The van der Waals surface area contributed by atoms with Gasteiger partial charge in [-0.15, -0.1) is 5.10 Å². The second-order valence-electron chi connectivity index (χ2n) is 7.21. The third-order valence-electron chi connectivity index (χ3n) is 5.21. The summed E-state index contributed by atoms with van der Waals surface area (Å²) in [5.41, 5.74) is 2.50. The smallest absolute Gasteiger partial charge is 0.226 e. The Morgan fingerprint density at radius 3 is 2.93 bits per heavy atom. The van der Waals surface area contributed by atoms with E-state index in [2.05, 4.69) is 35.6 Å². The lowest BCUT2D eigenvalue weighted by Gasteiger charge is -2.26. The minimum Gasteiger partial charge on any atom is -0.379 e. The number of aromatic nitrogens is 7. The van der Waals surface area contributed by atoms with Crippen LogP contribution in [0.1, 0.15) is 0 Å². The maximum absolute atomic E-state index is 6.51. The lowest BCUT2D eigenvalue weighted by molar-refractivity contribution is 0.0360. The number of aromatic amines is 1. The van der Waals surface area contributed by atoms with Gasteiger partial charge in [0.25, 0.3) is 0 Å². The fourth-order valence-corrected chi connectivity index (χ4v) is 3.75. The third-order valence-corrected chi connectivity index (χ3v) is 5.62. The van der Waals surface area contributed by atoms with E-state index in [1.165, 1.54) is 0 Å². The normalized spacial score (nSPS) is 15.1. The van der Waals surface area contributed by atoms with Gasteiger partial charge in [0.2, 0.25) is 5.95 Å². The number of halogens is 1. The number of anilines is 2. The molecule has 5 rings (SSSR count). The Bertz CT molecular complexity index is 1160. The van der Waals surface area contributed by atoms with Crippen LogP contribution in [-0.2, 0) is 18.3 Å². The first-order chi connectivity index (χ1) is 14.7. The highest BCUT2D eigenvalue weighted by atomic mass is 35.5. The molecule has 11 heteroatoms. The molecule has 1 saturated heterocycles. The van der Waals surface area contributed by atoms with Crippen LogP contribution in [0.2, 0.25) is 5.02 Å². The Morgan fingerprint density at radius 1 is 1.20 bits per heavy atom. The van der Waals surface area contributed by atoms with Crippen molar-refractivity contribution in [2.45, 2.75) is 6.54 Å². The van der Waals surface area contributed by atoms with E-state index in [1.807, 2.05) is 30.1 Å². The number of H-pyrrole nitrogens is 1. The number of aryl methyl sites for hydroxylation is 1. The molecule has 1 aliphatic rings. The van der Waals surface area contributed by atoms with Gasteiger partial charge in [0, 0.05) is 38.3 Å². The number of ether oxygens (including phenoxy) is 1. The van der Waals surface area contributed by atoms with E-state index in [0.717, 1.165) is 61.5 Å². The van der Waals surface area contributed by atoms with Gasteiger partial charge >= 0.3 is 0 Å². The first-order valence-electron chi connectivity index (χ1n) is 9.80. The maximum Gasteiger partial charge on any atom is 0.226 e. The third kappa shape index (κ3) is 3.76. The van der Waals surface area contributed by atoms with Gasteiger partial charge in [0.15, 0.2) is 5.82 Å². The quantitative estimate of drug-likeness (QED) is 0.486. The van der Waals surface area contributed by atoms with Crippen LogP contribution in [0.3, 0.4) is 0 Å². The van der Waals surface area contributed by atoms with Crippen LogP contribution in [0.15, 0.2) is 30.7 Å². The van der Waals surface area contributed by atoms with Gasteiger partial charge < -0.3 is 10.1 Å². The monoisotopic (exact) mass is 427 g/mol. The van der Waals surface area contributed by atoms with Crippen molar-refractivity contribution in [1.29, 1.82) is 0 Å². The summed E-state index contributed by atoms with van der Waals surface area (Å²) in [6.07, 6.45) is 5.48. The number of nitrogens with zero attached hydrogens (tertiary/aromatic N) is 7. The molecule has 156 valence electrons. The highest BCUT2D eigenvalue weighted by Crippen LogP contribution is 2.31. The first-order valence-corrected chi connectivity index (χ1v) is 10.2. The second-order valence-corrected chi connectivity index (χ2v) is 7.59. The van der Waals surface area contributed by atoms with E-state index in [-0.39, 0.29) is 0 Å². The van der Waals surface area contributed by atoms with Crippen LogP contribution in [-0.4, -0.2) is 72.5 Å². The number of hydrogen-bond donors (Lipinski definition) is 2. The fraction of sp³-hybridized carbons (Fsp3) is 0.368. The summed E-state index contributed by atoms with van der Waals surface area (Å²) in [6.45, 7) is 5.31. The van der Waals surface area contributed by atoms with Crippen molar-refractivity contribution in [1.82, 2.24) is 39.6 Å². The van der Waals surface area contributed by atoms with Crippen LogP contribution in [0, 0.1) is 0 Å². The molecule has 0 aliphatic carbocycles. The average molecular weight is 428 g/mol. The average Bonchev–Trinajstić information content (AvgIpc) is 3.50. The molecular weight excluding hydrogens is 406 g/mol. The number of fused-ring (bicyclic) bond motifs is 1. The van der Waals surface area contributed by atoms with Crippen molar-refractivity contribution < 1.29 is 4.74 Å². The van der Waals surface area contributed by atoms with E-state index in [0.29, 0.717) is 16.8 Å². The Kier molecular flexibility index (Phi) is 5.11. The largest absolute Gasteiger partial charge is 0.379 e. The number of hydrogen-bond acceptors (Lipinski definition) is 7. The summed E-state index contributed by atoms with van der Waals surface area (Å²) in [5, 5.41) is 20.6. The minimum atomic E-state index is 0.585. The molecule has 0 radical (unpaired) electrons. The van der Waals surface area contributed by atoms with Gasteiger partial charge in [-0.1, -0.05) is 11.6 Å². The van der Waals surface area contributed by atoms with Crippen LogP contribution in [0.5, 0.6) is 0 Å². The first kappa shape index (κ1) is 19.0. The molecule has 1 fully saturated rings. The molecule has 3 aromatic heterocycles. The van der Waals surface area contributed by atoms with E-state index >= 15 is 0 Å². The van der Waals surface area contributed by atoms with Gasteiger partial charge in [0.1, 0.15) is 0 Å². The lowest BCUT2D eigenvalue weighted by atomic mass is 10.2. The van der Waals surface area contributed by atoms with Crippen LogP contribution in [0.25, 0.3) is 22.3 Å². The molecule has 2 N–H and O–H groups in total. The number of rotatable bonds is 6. The van der Waals surface area contributed by atoms with Crippen LogP contribution >= 0.6 is 11.6 Å². The minimum absolute atomic E-state index is 0.585. The van der Waals surface area contributed by atoms with E-state index in [4.69, 9.17) is 16.3 Å². The number of benzene rings is 1. The molecule has 30 heavy (non-hydrogen) atoms. The van der Waals surface area contributed by atoms with Crippen molar-refractivity contribution in [3.05, 3.63) is 35.7 Å². The zero-order chi connectivity index (χ0) is 20.5. The molecule has 4 heterocycles. The van der Waals surface area contributed by atoms with Crippen LogP contribution in [0.4, 0.5) is 11.6 Å². The van der Waals surface area contributed by atoms with E-state index in [9.17, 15) is 0 Å². The van der Waals surface area contributed by atoms with E-state index in [1.54, 1.807) is 17.1 Å². The summed E-state index contributed by atoms with van der Waals surface area (Å²) in [5.74, 6) is 1.20. The molecule has 0 bridgehead atoms. The number of nitrogens with one attached hydrogen (secondary N) is 2. The van der Waals surface area contributed by atoms with Gasteiger partial charge in [-0.2, -0.15) is 15.2 Å². The lowest BCUT2D eigenvalue weighted by Crippen LogP contribution is -2.38. The molecule has 1 aromatic carbocycles. The van der Waals surface area contributed by atoms with Gasteiger partial charge in [0.05, 0.1) is 53.9 Å². The molecule has 0 amide bonds. The molecule has 1 aliphatic heterocycles. The van der Waals surface area contributed by atoms with Crippen LogP contribution < -0.4 is 5.32 Å². The summed E-state index contributed by atoms with van der Waals surface area (Å²) in [6, 6.07) is 3.81. The van der Waals surface area contributed by atoms with Gasteiger partial charge in [-0.05, 0) is 12.1 Å². The summed E-state index contributed by atoms with van der Waals surface area (Å²) in [4.78, 5) is 7.01. The molecular formula is C19H22ClN9O. The van der Waals surface area contributed by atoms with Crippen molar-refractivity contribution in [2.75, 3.05) is 38.2 Å². The van der Waals surface area contributed by atoms with Gasteiger partial charge in [-0.25, -0.2) is 4.68 Å². The summed E-state index contributed by atoms with van der Waals surface area (Å²) in [7, 11) is 1.84. The highest BCUT2D eigenvalue weighted by Gasteiger charge is 2.15.